The monoisotopic (exact) mass is 247 g/mol. The van der Waals surface area contributed by atoms with Crippen molar-refractivity contribution in [1.82, 2.24) is 5.32 Å². The molecule has 86 valence electrons. The van der Waals surface area contributed by atoms with Crippen molar-refractivity contribution in [2.75, 3.05) is 12.3 Å². The second kappa shape index (κ2) is 8.05. The summed E-state index contributed by atoms with van der Waals surface area (Å²) in [7, 11) is 3.94. The third kappa shape index (κ3) is 6.10. The maximum absolute atomic E-state index is 11.1. The Balaban J connectivity index is 1.91. The largest absolute Gasteiger partial charge is 0.349 e. The number of nitrogens with one attached hydrogen (secondary N) is 1. The van der Waals surface area contributed by atoms with Crippen LogP contribution in [0.4, 0.5) is 0 Å². The van der Waals surface area contributed by atoms with Crippen LogP contribution < -0.4 is 5.32 Å². The number of carbonyl (C=O) groups is 2. The molecule has 5 heteroatoms. The predicted octanol–water partition coefficient (Wildman–Crippen LogP) is 2.02. The van der Waals surface area contributed by atoms with Gasteiger partial charge in [0, 0.05) is 17.4 Å². The van der Waals surface area contributed by atoms with Crippen LogP contribution in [-0.2, 0) is 9.59 Å². The maximum Gasteiger partial charge on any atom is 0.220 e. The van der Waals surface area contributed by atoms with E-state index in [0.29, 0.717) is 12.7 Å². The van der Waals surface area contributed by atoms with E-state index in [4.69, 9.17) is 0 Å². The molecule has 0 aromatic carbocycles. The van der Waals surface area contributed by atoms with Crippen LogP contribution in [0.15, 0.2) is 0 Å². The molecule has 0 radical (unpaired) electrons. The van der Waals surface area contributed by atoms with Crippen LogP contribution in [0.25, 0.3) is 0 Å². The summed E-state index contributed by atoms with van der Waals surface area (Å²) in [6.45, 7) is 0.147. The zero-order chi connectivity index (χ0) is 10.9. The van der Waals surface area contributed by atoms with E-state index in [2.05, 4.69) is 5.32 Å². The fraction of sp³-hybridized carbons (Fsp3) is 0.800. The van der Waals surface area contributed by atoms with Gasteiger partial charge in [0.15, 0.2) is 0 Å². The van der Waals surface area contributed by atoms with E-state index in [-0.39, 0.29) is 12.5 Å². The van der Waals surface area contributed by atoms with E-state index in [9.17, 15) is 9.59 Å². The van der Waals surface area contributed by atoms with Crippen molar-refractivity contribution < 1.29 is 9.59 Å². The van der Waals surface area contributed by atoms with Gasteiger partial charge >= 0.3 is 0 Å². The standard InChI is InChI=1S/C10H17NO2S2/c12-7-6-11-10(13)4-2-1-3-9-5-8-14-15-9/h7,9H,1-6,8H2,(H,11,13). The average Bonchev–Trinajstić information content (AvgIpc) is 2.74. The van der Waals surface area contributed by atoms with E-state index in [1.54, 1.807) is 0 Å². The zero-order valence-corrected chi connectivity index (χ0v) is 10.4. The second-order valence-electron chi connectivity index (χ2n) is 3.55. The van der Waals surface area contributed by atoms with Gasteiger partial charge in [-0.1, -0.05) is 28.0 Å². The van der Waals surface area contributed by atoms with Crippen LogP contribution in [-0.4, -0.2) is 29.7 Å². The first kappa shape index (κ1) is 12.9. The minimum absolute atomic E-state index is 0.00412. The van der Waals surface area contributed by atoms with E-state index in [1.807, 2.05) is 21.6 Å². The highest BCUT2D eigenvalue weighted by atomic mass is 33.1. The number of aldehydes is 1. The molecular formula is C10H17NO2S2. The van der Waals surface area contributed by atoms with Gasteiger partial charge in [-0.3, -0.25) is 4.79 Å². The zero-order valence-electron chi connectivity index (χ0n) is 8.74. The molecule has 1 aliphatic rings. The van der Waals surface area contributed by atoms with Crippen LogP contribution in [0.1, 0.15) is 32.1 Å². The third-order valence-corrected chi connectivity index (χ3v) is 5.30. The normalized spacial score (nSPS) is 20.1. The number of hydrogen-bond donors (Lipinski definition) is 1. The van der Waals surface area contributed by atoms with Crippen molar-refractivity contribution in [3.8, 4) is 0 Å². The molecule has 0 aromatic rings. The smallest absolute Gasteiger partial charge is 0.220 e. The van der Waals surface area contributed by atoms with E-state index >= 15 is 0 Å². The molecule has 0 aromatic heterocycles. The Labute approximate surface area is 98.5 Å². The molecule has 1 rings (SSSR count). The Morgan fingerprint density at radius 3 is 3.00 bits per heavy atom. The van der Waals surface area contributed by atoms with Crippen molar-refractivity contribution in [2.45, 2.75) is 37.4 Å². The molecule has 1 atom stereocenters. The fourth-order valence-corrected chi connectivity index (χ4v) is 4.49. The first-order valence-electron chi connectivity index (χ1n) is 5.31. The van der Waals surface area contributed by atoms with Gasteiger partial charge in [-0.05, 0) is 19.3 Å². The van der Waals surface area contributed by atoms with Gasteiger partial charge in [-0.25, -0.2) is 0 Å². The summed E-state index contributed by atoms with van der Waals surface area (Å²) in [5.41, 5.74) is 0. The molecule has 1 fully saturated rings. The van der Waals surface area contributed by atoms with Gasteiger partial charge in [0.2, 0.25) is 5.91 Å². The predicted molar refractivity (Wildman–Crippen MR) is 66.0 cm³/mol. The Morgan fingerprint density at radius 2 is 2.33 bits per heavy atom. The van der Waals surface area contributed by atoms with Gasteiger partial charge in [0.05, 0.1) is 6.54 Å². The first-order valence-corrected chi connectivity index (χ1v) is 7.69. The van der Waals surface area contributed by atoms with Gasteiger partial charge in [0.25, 0.3) is 0 Å². The Bertz CT molecular complexity index is 206. The molecule has 0 spiro atoms. The molecule has 0 aliphatic carbocycles. The summed E-state index contributed by atoms with van der Waals surface area (Å²) in [5.74, 6) is 1.27. The summed E-state index contributed by atoms with van der Waals surface area (Å²) < 4.78 is 0. The lowest BCUT2D eigenvalue weighted by atomic mass is 10.1. The lowest BCUT2D eigenvalue weighted by Gasteiger charge is -2.06. The topological polar surface area (TPSA) is 46.2 Å². The van der Waals surface area contributed by atoms with Gasteiger partial charge in [-0.15, -0.1) is 0 Å². The number of hydrogen-bond acceptors (Lipinski definition) is 4. The van der Waals surface area contributed by atoms with Crippen molar-refractivity contribution in [3.63, 3.8) is 0 Å². The number of unbranched alkanes of at least 4 members (excludes halogenated alkanes) is 1. The van der Waals surface area contributed by atoms with Crippen molar-refractivity contribution in [2.24, 2.45) is 0 Å². The fourth-order valence-electron chi connectivity index (χ4n) is 1.47. The van der Waals surface area contributed by atoms with Crippen molar-refractivity contribution in [3.05, 3.63) is 0 Å². The molecule has 1 heterocycles. The number of amides is 1. The highest BCUT2D eigenvalue weighted by Crippen LogP contribution is 2.39. The molecule has 1 saturated heterocycles. The quantitative estimate of drug-likeness (QED) is 0.425. The molecule has 3 nitrogen and oxygen atoms in total. The Hall–Kier alpha value is -0.160. The minimum Gasteiger partial charge on any atom is -0.349 e. The van der Waals surface area contributed by atoms with Gasteiger partial charge in [-0.2, -0.15) is 0 Å². The Morgan fingerprint density at radius 1 is 1.47 bits per heavy atom. The summed E-state index contributed by atoms with van der Waals surface area (Å²) in [6, 6.07) is 0. The summed E-state index contributed by atoms with van der Waals surface area (Å²) >= 11 is 0. The number of carbonyl (C=O) groups excluding carboxylic acids is 2. The molecular weight excluding hydrogens is 230 g/mol. The lowest BCUT2D eigenvalue weighted by molar-refractivity contribution is -0.122. The van der Waals surface area contributed by atoms with E-state index < -0.39 is 0 Å². The van der Waals surface area contributed by atoms with Crippen molar-refractivity contribution in [1.29, 1.82) is 0 Å². The molecule has 0 bridgehead atoms. The molecule has 1 N–H and O–H groups in total. The van der Waals surface area contributed by atoms with E-state index in [0.717, 1.165) is 18.1 Å². The van der Waals surface area contributed by atoms with Gasteiger partial charge < -0.3 is 10.1 Å². The summed E-state index contributed by atoms with van der Waals surface area (Å²) in [6.07, 6.45) is 5.85. The SMILES string of the molecule is O=CCNC(=O)CCCCC1CCSS1. The summed E-state index contributed by atoms with van der Waals surface area (Å²) in [4.78, 5) is 21.1. The second-order valence-corrected chi connectivity index (χ2v) is 6.33. The maximum atomic E-state index is 11.1. The third-order valence-electron chi connectivity index (χ3n) is 2.29. The highest BCUT2D eigenvalue weighted by Gasteiger charge is 2.15. The molecule has 1 aliphatic heterocycles. The Kier molecular flexibility index (Phi) is 6.92. The van der Waals surface area contributed by atoms with E-state index in [1.165, 1.54) is 18.6 Å². The molecule has 0 saturated carbocycles. The van der Waals surface area contributed by atoms with Gasteiger partial charge in [0.1, 0.15) is 6.29 Å². The minimum atomic E-state index is -0.00412. The van der Waals surface area contributed by atoms with Crippen LogP contribution in [0, 0.1) is 0 Å². The van der Waals surface area contributed by atoms with Crippen molar-refractivity contribution >= 4 is 33.8 Å². The molecule has 1 unspecified atom stereocenters. The summed E-state index contributed by atoms with van der Waals surface area (Å²) in [5, 5.41) is 3.34. The van der Waals surface area contributed by atoms with Crippen LogP contribution >= 0.6 is 21.6 Å². The highest BCUT2D eigenvalue weighted by molar-refractivity contribution is 8.77. The van der Waals surface area contributed by atoms with Crippen LogP contribution in [0.5, 0.6) is 0 Å². The first-order chi connectivity index (χ1) is 7.33. The molecule has 15 heavy (non-hydrogen) atoms. The number of rotatable bonds is 7. The average molecular weight is 247 g/mol. The van der Waals surface area contributed by atoms with Crippen LogP contribution in [0.2, 0.25) is 0 Å². The molecule has 1 amide bonds. The van der Waals surface area contributed by atoms with Crippen LogP contribution in [0.3, 0.4) is 0 Å². The lowest BCUT2D eigenvalue weighted by Crippen LogP contribution is -2.24.